The predicted molar refractivity (Wildman–Crippen MR) is 100 cm³/mol. The second-order valence-electron chi connectivity index (χ2n) is 5.81. The van der Waals surface area contributed by atoms with Crippen LogP contribution in [0.5, 0.6) is 0 Å². The van der Waals surface area contributed by atoms with E-state index in [1.807, 2.05) is 26.0 Å². The first-order chi connectivity index (χ1) is 12.5. The number of hydrogen-bond acceptors (Lipinski definition) is 7. The Morgan fingerprint density at radius 1 is 1.08 bits per heavy atom. The van der Waals surface area contributed by atoms with Crippen molar-refractivity contribution in [2.45, 2.75) is 13.8 Å². The van der Waals surface area contributed by atoms with Gasteiger partial charge < -0.3 is 15.4 Å². The van der Waals surface area contributed by atoms with Gasteiger partial charge in [0.25, 0.3) is 0 Å². The molecule has 7 nitrogen and oxygen atoms in total. The Bertz CT molecular complexity index is 943. The minimum absolute atomic E-state index is 0.322. The Morgan fingerprint density at radius 3 is 2.73 bits per heavy atom. The van der Waals surface area contributed by atoms with Crippen LogP contribution in [0.3, 0.4) is 0 Å². The molecule has 0 amide bonds. The van der Waals surface area contributed by atoms with Crippen LogP contribution in [0.15, 0.2) is 48.7 Å². The average molecular weight is 349 g/mol. The molecule has 2 N–H and O–H groups in total. The van der Waals surface area contributed by atoms with Crippen LogP contribution in [-0.2, 0) is 4.74 Å². The highest BCUT2D eigenvalue weighted by Gasteiger charge is 2.08. The third-order valence-electron chi connectivity index (χ3n) is 3.75. The number of ether oxygens (including phenoxy) is 1. The lowest BCUT2D eigenvalue weighted by Gasteiger charge is -2.11. The van der Waals surface area contributed by atoms with E-state index in [4.69, 9.17) is 4.74 Å². The molecule has 0 saturated heterocycles. The van der Waals surface area contributed by atoms with E-state index in [1.54, 1.807) is 30.5 Å². The molecule has 1 heterocycles. The maximum Gasteiger partial charge on any atom is 0.337 e. The number of aryl methyl sites for hydroxylation is 2. The van der Waals surface area contributed by atoms with Crippen molar-refractivity contribution < 1.29 is 9.53 Å². The van der Waals surface area contributed by atoms with Crippen molar-refractivity contribution in [2.75, 3.05) is 17.7 Å². The fourth-order valence-electron chi connectivity index (χ4n) is 2.40. The minimum Gasteiger partial charge on any atom is -0.465 e. The molecule has 1 aromatic heterocycles. The van der Waals surface area contributed by atoms with E-state index in [0.29, 0.717) is 23.0 Å². The van der Waals surface area contributed by atoms with Crippen molar-refractivity contribution in [3.05, 3.63) is 65.4 Å². The molecule has 3 rings (SSSR count). The molecule has 2 aromatic carbocycles. The molecular formula is C19H19N5O2. The number of anilines is 4. The average Bonchev–Trinajstić information content (AvgIpc) is 2.64. The van der Waals surface area contributed by atoms with Gasteiger partial charge in [0.15, 0.2) is 5.82 Å². The van der Waals surface area contributed by atoms with E-state index < -0.39 is 5.97 Å². The first-order valence-electron chi connectivity index (χ1n) is 8.04. The lowest BCUT2D eigenvalue weighted by Crippen LogP contribution is -2.05. The first kappa shape index (κ1) is 17.3. The monoisotopic (exact) mass is 349 g/mol. The van der Waals surface area contributed by atoms with Crippen LogP contribution in [-0.4, -0.2) is 28.3 Å². The Kier molecular flexibility index (Phi) is 5.07. The summed E-state index contributed by atoms with van der Waals surface area (Å²) in [6, 6.07) is 13.0. The molecule has 0 aliphatic carbocycles. The fraction of sp³-hybridized carbons (Fsp3) is 0.158. The van der Waals surface area contributed by atoms with Gasteiger partial charge in [-0.05, 0) is 49.2 Å². The van der Waals surface area contributed by atoms with Crippen molar-refractivity contribution in [2.24, 2.45) is 0 Å². The van der Waals surface area contributed by atoms with Crippen molar-refractivity contribution in [1.29, 1.82) is 0 Å². The van der Waals surface area contributed by atoms with Crippen LogP contribution >= 0.6 is 0 Å². The summed E-state index contributed by atoms with van der Waals surface area (Å²) in [5.41, 5.74) is 4.32. The van der Waals surface area contributed by atoms with Gasteiger partial charge in [-0.25, -0.2) is 4.79 Å². The topological polar surface area (TPSA) is 89.0 Å². The molecule has 0 atom stereocenters. The Morgan fingerprint density at radius 2 is 1.92 bits per heavy atom. The maximum absolute atomic E-state index is 11.6. The zero-order valence-corrected chi connectivity index (χ0v) is 14.8. The van der Waals surface area contributed by atoms with Crippen LogP contribution in [0, 0.1) is 13.8 Å². The van der Waals surface area contributed by atoms with Crippen LogP contribution in [0.4, 0.5) is 23.1 Å². The van der Waals surface area contributed by atoms with Gasteiger partial charge >= 0.3 is 5.97 Å². The highest BCUT2D eigenvalue weighted by Crippen LogP contribution is 2.21. The van der Waals surface area contributed by atoms with Gasteiger partial charge in [-0.3, -0.25) is 0 Å². The molecule has 132 valence electrons. The zero-order chi connectivity index (χ0) is 18.5. The smallest absolute Gasteiger partial charge is 0.337 e. The lowest BCUT2D eigenvalue weighted by molar-refractivity contribution is 0.0601. The highest BCUT2D eigenvalue weighted by atomic mass is 16.5. The maximum atomic E-state index is 11.6. The molecule has 0 saturated carbocycles. The van der Waals surface area contributed by atoms with E-state index in [9.17, 15) is 4.79 Å². The minimum atomic E-state index is -0.405. The second-order valence-corrected chi connectivity index (χ2v) is 5.81. The van der Waals surface area contributed by atoms with Crippen molar-refractivity contribution in [1.82, 2.24) is 15.2 Å². The number of carbonyl (C=O) groups excluding carboxylic acids is 1. The van der Waals surface area contributed by atoms with Crippen molar-refractivity contribution >= 4 is 29.1 Å². The van der Waals surface area contributed by atoms with Crippen molar-refractivity contribution in [3.63, 3.8) is 0 Å². The molecular weight excluding hydrogens is 330 g/mol. The fourth-order valence-corrected chi connectivity index (χ4v) is 2.40. The van der Waals surface area contributed by atoms with Gasteiger partial charge in [0.2, 0.25) is 5.95 Å². The number of nitrogens with zero attached hydrogens (tertiary/aromatic N) is 3. The van der Waals surface area contributed by atoms with Gasteiger partial charge in [-0.15, -0.1) is 5.10 Å². The van der Waals surface area contributed by atoms with Crippen molar-refractivity contribution in [3.8, 4) is 0 Å². The summed E-state index contributed by atoms with van der Waals surface area (Å²) in [4.78, 5) is 16.0. The van der Waals surface area contributed by atoms with E-state index in [1.165, 1.54) is 7.11 Å². The molecule has 7 heteroatoms. The summed E-state index contributed by atoms with van der Waals surface area (Å²) in [6.07, 6.45) is 1.55. The third kappa shape index (κ3) is 4.13. The molecule has 0 unspecified atom stereocenters. The number of nitrogens with one attached hydrogen (secondary N) is 2. The Labute approximate surface area is 151 Å². The second kappa shape index (κ2) is 7.60. The van der Waals surface area contributed by atoms with Crippen LogP contribution in [0.2, 0.25) is 0 Å². The zero-order valence-electron chi connectivity index (χ0n) is 14.8. The summed E-state index contributed by atoms with van der Waals surface area (Å²) in [7, 11) is 1.35. The molecule has 0 aliphatic heterocycles. The summed E-state index contributed by atoms with van der Waals surface area (Å²) in [5, 5.41) is 14.2. The van der Waals surface area contributed by atoms with Gasteiger partial charge in [-0.2, -0.15) is 10.1 Å². The molecule has 0 spiro atoms. The normalized spacial score (nSPS) is 10.3. The third-order valence-corrected chi connectivity index (χ3v) is 3.75. The largest absolute Gasteiger partial charge is 0.465 e. The summed E-state index contributed by atoms with van der Waals surface area (Å²) < 4.78 is 4.73. The Hall–Kier alpha value is -3.48. The number of esters is 1. The molecule has 3 aromatic rings. The van der Waals surface area contributed by atoms with Gasteiger partial charge in [-0.1, -0.05) is 18.2 Å². The predicted octanol–water partition coefficient (Wildman–Crippen LogP) is 3.76. The van der Waals surface area contributed by atoms with E-state index >= 15 is 0 Å². The summed E-state index contributed by atoms with van der Waals surface area (Å²) in [6.45, 7) is 4.05. The molecule has 0 fully saturated rings. The SMILES string of the molecule is COC(=O)c1cccc(Nc2nncc(Nc3cc(C)ccc3C)n2)c1. The van der Waals surface area contributed by atoms with E-state index in [-0.39, 0.29) is 0 Å². The molecule has 0 aliphatic rings. The molecule has 0 bridgehead atoms. The lowest BCUT2D eigenvalue weighted by atomic mass is 10.1. The number of methoxy groups -OCH3 is 1. The highest BCUT2D eigenvalue weighted by molar-refractivity contribution is 5.90. The van der Waals surface area contributed by atoms with Gasteiger partial charge in [0.05, 0.1) is 18.9 Å². The quantitative estimate of drug-likeness (QED) is 0.678. The first-order valence-corrected chi connectivity index (χ1v) is 8.04. The van der Waals surface area contributed by atoms with E-state index in [0.717, 1.165) is 16.8 Å². The van der Waals surface area contributed by atoms with Gasteiger partial charge in [0, 0.05) is 11.4 Å². The Balaban J connectivity index is 1.79. The summed E-state index contributed by atoms with van der Waals surface area (Å²) in [5.74, 6) is 0.487. The summed E-state index contributed by atoms with van der Waals surface area (Å²) >= 11 is 0. The number of hydrogen-bond donors (Lipinski definition) is 2. The molecule has 0 radical (unpaired) electrons. The number of carbonyl (C=O) groups is 1. The van der Waals surface area contributed by atoms with Crippen LogP contribution in [0.25, 0.3) is 0 Å². The van der Waals surface area contributed by atoms with Crippen LogP contribution < -0.4 is 10.6 Å². The van der Waals surface area contributed by atoms with E-state index in [2.05, 4.69) is 31.9 Å². The molecule has 26 heavy (non-hydrogen) atoms. The number of benzene rings is 2. The van der Waals surface area contributed by atoms with Crippen LogP contribution in [0.1, 0.15) is 21.5 Å². The number of rotatable bonds is 5. The number of aromatic nitrogens is 3. The van der Waals surface area contributed by atoms with Gasteiger partial charge in [0.1, 0.15) is 0 Å². The standard InChI is InChI=1S/C19H19N5O2/c1-12-7-8-13(2)16(9-12)22-17-11-20-24-19(23-17)21-15-6-4-5-14(10-15)18(25)26-3/h4-11H,1-3H3,(H2,21,22,23,24).